The largest absolute Gasteiger partial charge is 0.340 e. The molecule has 2 saturated heterocycles. The number of amides is 2. The molecule has 0 N–H and O–H groups in total. The van der Waals surface area contributed by atoms with Crippen LogP contribution in [-0.2, 0) is 11.8 Å². The maximum atomic E-state index is 13.8. The summed E-state index contributed by atoms with van der Waals surface area (Å²) in [5.41, 5.74) is 0.696. The number of alkyl halides is 1. The van der Waals surface area contributed by atoms with Crippen molar-refractivity contribution in [2.75, 3.05) is 26.2 Å². The van der Waals surface area contributed by atoms with Crippen LogP contribution in [0.5, 0.6) is 0 Å². The summed E-state index contributed by atoms with van der Waals surface area (Å²) in [6.07, 6.45) is 0.433. The van der Waals surface area contributed by atoms with Gasteiger partial charge in [-0.25, -0.2) is 9.38 Å². The van der Waals surface area contributed by atoms with E-state index in [4.69, 9.17) is 0 Å². The summed E-state index contributed by atoms with van der Waals surface area (Å²) >= 11 is 0. The van der Waals surface area contributed by atoms with Gasteiger partial charge in [0.05, 0.1) is 5.71 Å². The first-order valence-electron chi connectivity index (χ1n) is 8.84. The molecule has 0 saturated carbocycles. The number of nitrogens with zero attached hydrogens (tertiary/aromatic N) is 6. The van der Waals surface area contributed by atoms with E-state index in [0.29, 0.717) is 56.1 Å². The van der Waals surface area contributed by atoms with Crippen molar-refractivity contribution >= 4 is 23.5 Å². The van der Waals surface area contributed by atoms with Gasteiger partial charge in [0, 0.05) is 51.3 Å². The number of aromatic nitrogens is 2. The second kappa shape index (κ2) is 6.30. The van der Waals surface area contributed by atoms with Gasteiger partial charge in [-0.1, -0.05) is 6.92 Å². The van der Waals surface area contributed by atoms with Crippen molar-refractivity contribution in [2.24, 2.45) is 28.9 Å². The van der Waals surface area contributed by atoms with Crippen LogP contribution < -0.4 is 0 Å². The molecule has 3 aliphatic rings. The minimum atomic E-state index is -1.71. The molecule has 3 atom stereocenters. The molecule has 2 fully saturated rings. The fraction of sp³-hybridized carbons (Fsp3) is 0.588. The van der Waals surface area contributed by atoms with Gasteiger partial charge in [0.15, 0.2) is 0 Å². The summed E-state index contributed by atoms with van der Waals surface area (Å²) in [5.74, 6) is 0.0876. The first-order valence-corrected chi connectivity index (χ1v) is 8.84. The highest BCUT2D eigenvalue weighted by atomic mass is 19.1. The third kappa shape index (κ3) is 2.81. The number of likely N-dealkylation sites (tertiary alicyclic amines) is 2. The predicted molar refractivity (Wildman–Crippen MR) is 92.7 cm³/mol. The Morgan fingerprint density at radius 1 is 1.23 bits per heavy atom. The number of aryl methyl sites for hydroxylation is 1. The third-order valence-corrected chi connectivity index (χ3v) is 5.31. The Hall–Kier alpha value is -2.58. The molecule has 0 aliphatic carbocycles. The van der Waals surface area contributed by atoms with Crippen LogP contribution in [-0.4, -0.2) is 75.4 Å². The van der Waals surface area contributed by atoms with Gasteiger partial charge in [0.25, 0.3) is 11.8 Å². The first-order chi connectivity index (χ1) is 12.5. The predicted octanol–water partition coefficient (Wildman–Crippen LogP) is 0.509. The zero-order valence-electron chi connectivity index (χ0n) is 14.8. The van der Waals surface area contributed by atoms with Crippen molar-refractivity contribution in [1.82, 2.24) is 19.6 Å². The minimum absolute atomic E-state index is 0.0525. The van der Waals surface area contributed by atoms with E-state index in [1.54, 1.807) is 30.9 Å². The third-order valence-electron chi connectivity index (χ3n) is 5.31. The Kier molecular flexibility index (Phi) is 4.08. The van der Waals surface area contributed by atoms with Crippen LogP contribution in [0.1, 0.15) is 23.8 Å². The average molecular weight is 360 g/mol. The molecule has 9 heteroatoms. The summed E-state index contributed by atoms with van der Waals surface area (Å²) in [6.45, 7) is 4.41. The van der Waals surface area contributed by atoms with Crippen molar-refractivity contribution < 1.29 is 14.0 Å². The number of carbonyl (C=O) groups excluding carboxylic acids is 2. The number of hydrogen-bond donors (Lipinski definition) is 0. The van der Waals surface area contributed by atoms with Gasteiger partial charge in [-0.05, 0) is 12.5 Å². The van der Waals surface area contributed by atoms with Gasteiger partial charge >= 0.3 is 0 Å². The minimum Gasteiger partial charge on any atom is -0.340 e. The number of aliphatic imine (C=N–C) groups is 2. The summed E-state index contributed by atoms with van der Waals surface area (Å²) in [7, 11) is 1.78. The van der Waals surface area contributed by atoms with E-state index in [1.807, 2.05) is 9.80 Å². The highest BCUT2D eigenvalue weighted by molar-refractivity contribution is 6.17. The maximum absolute atomic E-state index is 13.8. The molecular weight excluding hydrogens is 339 g/mol. The van der Waals surface area contributed by atoms with Crippen LogP contribution in [0.3, 0.4) is 0 Å². The van der Waals surface area contributed by atoms with E-state index in [1.165, 1.54) is 0 Å². The molecule has 0 radical (unpaired) electrons. The lowest BCUT2D eigenvalue weighted by molar-refractivity contribution is -0.120. The van der Waals surface area contributed by atoms with Crippen molar-refractivity contribution in [2.45, 2.75) is 19.5 Å². The van der Waals surface area contributed by atoms with Crippen LogP contribution in [0.25, 0.3) is 0 Å². The fourth-order valence-electron chi connectivity index (χ4n) is 3.92. The molecule has 8 nitrogen and oxygen atoms in total. The van der Waals surface area contributed by atoms with Crippen LogP contribution in [0.15, 0.2) is 22.2 Å². The average Bonchev–Trinajstić information content (AvgIpc) is 3.30. The van der Waals surface area contributed by atoms with Gasteiger partial charge < -0.3 is 9.80 Å². The highest BCUT2D eigenvalue weighted by Gasteiger charge is 2.44. The topological polar surface area (TPSA) is 83.2 Å². The lowest BCUT2D eigenvalue weighted by atomic mass is 10.0. The number of guanidine groups is 1. The van der Waals surface area contributed by atoms with Gasteiger partial charge in [0.1, 0.15) is 5.69 Å². The Bertz CT molecular complexity index is 802. The monoisotopic (exact) mass is 360 g/mol. The maximum Gasteiger partial charge on any atom is 0.289 e. The van der Waals surface area contributed by atoms with E-state index >= 15 is 0 Å². The normalized spacial score (nSPS) is 28.3. The second-order valence-electron chi connectivity index (χ2n) is 7.08. The number of halogens is 1. The van der Waals surface area contributed by atoms with Crippen LogP contribution in [0, 0.1) is 11.8 Å². The molecule has 138 valence electrons. The van der Waals surface area contributed by atoms with Crippen LogP contribution in [0.4, 0.5) is 4.39 Å². The van der Waals surface area contributed by atoms with Crippen LogP contribution >= 0.6 is 0 Å². The highest BCUT2D eigenvalue weighted by Crippen LogP contribution is 2.32. The quantitative estimate of drug-likeness (QED) is 0.769. The Morgan fingerprint density at radius 3 is 2.50 bits per heavy atom. The molecule has 26 heavy (non-hydrogen) atoms. The molecule has 4 heterocycles. The van der Waals surface area contributed by atoms with E-state index in [-0.39, 0.29) is 11.6 Å². The Morgan fingerprint density at radius 2 is 1.92 bits per heavy atom. The lowest BCUT2D eigenvalue weighted by Gasteiger charge is -2.24. The van der Waals surface area contributed by atoms with Crippen molar-refractivity contribution in [3.63, 3.8) is 0 Å². The van der Waals surface area contributed by atoms with Crippen molar-refractivity contribution in [3.8, 4) is 0 Å². The van der Waals surface area contributed by atoms with Crippen molar-refractivity contribution in [1.29, 1.82) is 0 Å². The summed E-state index contributed by atoms with van der Waals surface area (Å²) in [6, 6.07) is 1.72. The summed E-state index contributed by atoms with van der Waals surface area (Å²) in [5, 5.41) is 4.18. The number of fused-ring (bicyclic) bond motifs is 1. The van der Waals surface area contributed by atoms with Gasteiger partial charge in [-0.15, -0.1) is 0 Å². The Labute approximate surface area is 150 Å². The van der Waals surface area contributed by atoms with Gasteiger partial charge in [-0.2, -0.15) is 10.1 Å². The molecule has 3 aliphatic heterocycles. The smallest absolute Gasteiger partial charge is 0.289 e. The van der Waals surface area contributed by atoms with E-state index in [0.717, 1.165) is 0 Å². The van der Waals surface area contributed by atoms with Gasteiger partial charge in [0.2, 0.25) is 12.1 Å². The molecule has 0 aromatic carbocycles. The van der Waals surface area contributed by atoms with Crippen molar-refractivity contribution in [3.05, 3.63) is 18.0 Å². The number of rotatable bonds is 2. The SMILES string of the molecule is CCC1=NC(N2CC3CN(C(=O)c4ccn(C)n4)CC3C2)=NC(=O)C1F. The van der Waals surface area contributed by atoms with E-state index in [9.17, 15) is 14.0 Å². The van der Waals surface area contributed by atoms with Gasteiger partial charge in [-0.3, -0.25) is 14.3 Å². The molecule has 0 spiro atoms. The zero-order valence-corrected chi connectivity index (χ0v) is 14.8. The standard InChI is InChI=1S/C17H21FN6O2/c1-3-12-14(18)15(25)20-17(19-12)24-8-10-6-23(7-11(10)9-24)16(26)13-4-5-22(2)21-13/h4-5,10-11,14H,3,6-9H2,1-2H3. The van der Waals surface area contributed by atoms with Crippen LogP contribution in [0.2, 0.25) is 0 Å². The molecule has 1 aromatic rings. The molecular formula is C17H21FN6O2. The molecule has 4 rings (SSSR count). The number of hydrogen-bond acceptors (Lipinski definition) is 5. The Balaban J connectivity index is 1.42. The lowest BCUT2D eigenvalue weighted by Crippen LogP contribution is -2.39. The molecule has 1 aromatic heterocycles. The first kappa shape index (κ1) is 16.9. The molecule has 2 amide bonds. The summed E-state index contributed by atoms with van der Waals surface area (Å²) < 4.78 is 15.4. The van der Waals surface area contributed by atoms with E-state index < -0.39 is 12.1 Å². The fourth-order valence-corrected chi connectivity index (χ4v) is 3.92. The molecule has 3 unspecified atom stereocenters. The zero-order chi connectivity index (χ0) is 18.4. The second-order valence-corrected chi connectivity index (χ2v) is 7.08. The number of carbonyl (C=O) groups is 2. The van der Waals surface area contributed by atoms with E-state index in [2.05, 4.69) is 15.1 Å². The molecule has 0 bridgehead atoms. The summed E-state index contributed by atoms with van der Waals surface area (Å²) in [4.78, 5) is 36.1.